The molecule has 8 heteroatoms. The van der Waals surface area contributed by atoms with E-state index in [2.05, 4.69) is 26.3 Å². The second-order valence-corrected chi connectivity index (χ2v) is 7.62. The average molecular weight is 418 g/mol. The zero-order valence-electron chi connectivity index (χ0n) is 17.3. The van der Waals surface area contributed by atoms with Gasteiger partial charge in [0.05, 0.1) is 24.1 Å². The van der Waals surface area contributed by atoms with Crippen LogP contribution in [0.5, 0.6) is 23.1 Å². The molecule has 3 heterocycles. The Hall–Kier alpha value is -3.81. The lowest BCUT2D eigenvalue weighted by Crippen LogP contribution is -2.30. The van der Waals surface area contributed by atoms with E-state index in [-0.39, 0.29) is 11.9 Å². The van der Waals surface area contributed by atoms with Crippen molar-refractivity contribution in [3.8, 4) is 23.1 Å². The van der Waals surface area contributed by atoms with Crippen LogP contribution in [0.25, 0.3) is 21.8 Å². The molecule has 1 unspecified atom stereocenters. The predicted octanol–water partition coefficient (Wildman–Crippen LogP) is 3.88. The van der Waals surface area contributed by atoms with E-state index in [1.54, 1.807) is 13.2 Å². The quantitative estimate of drug-likeness (QED) is 0.493. The average Bonchev–Trinajstić information content (AvgIpc) is 3.35. The molecule has 0 spiro atoms. The van der Waals surface area contributed by atoms with E-state index in [0.29, 0.717) is 47.1 Å². The number of rotatable bonds is 6. The third kappa shape index (κ3) is 3.84. The number of hydrogen-bond donors (Lipinski definition) is 2. The Balaban J connectivity index is 1.44. The van der Waals surface area contributed by atoms with Crippen molar-refractivity contribution < 1.29 is 19.0 Å². The van der Waals surface area contributed by atoms with Gasteiger partial charge in [0, 0.05) is 29.1 Å². The molecule has 0 radical (unpaired) electrons. The van der Waals surface area contributed by atoms with E-state index in [1.807, 2.05) is 31.2 Å². The van der Waals surface area contributed by atoms with Gasteiger partial charge in [0.15, 0.2) is 11.5 Å². The number of fused-ring (bicyclic) bond motifs is 2. The fraction of sp³-hybridized carbons (Fsp3) is 0.261. The molecule has 8 nitrogen and oxygen atoms in total. The highest BCUT2D eigenvalue weighted by Gasteiger charge is 2.22. The van der Waals surface area contributed by atoms with Gasteiger partial charge in [-0.3, -0.25) is 4.79 Å². The number of nitrogens with zero attached hydrogens (tertiary/aromatic N) is 2. The maximum atomic E-state index is 11.4. The van der Waals surface area contributed by atoms with Crippen molar-refractivity contribution in [2.75, 3.05) is 13.7 Å². The van der Waals surface area contributed by atoms with Gasteiger partial charge < -0.3 is 24.5 Å². The molecule has 1 atom stereocenters. The molecule has 0 aliphatic carbocycles. The summed E-state index contributed by atoms with van der Waals surface area (Å²) in [7, 11) is 1.58. The number of hydrogen-bond acceptors (Lipinski definition) is 6. The van der Waals surface area contributed by atoms with Crippen LogP contribution in [-0.2, 0) is 4.79 Å². The van der Waals surface area contributed by atoms with Crippen molar-refractivity contribution in [3.05, 3.63) is 48.4 Å². The number of aromatic amines is 1. The van der Waals surface area contributed by atoms with Crippen molar-refractivity contribution in [2.45, 2.75) is 25.8 Å². The van der Waals surface area contributed by atoms with Gasteiger partial charge in [-0.2, -0.15) is 0 Å². The van der Waals surface area contributed by atoms with Crippen LogP contribution >= 0.6 is 0 Å². The minimum absolute atomic E-state index is 0.00387. The summed E-state index contributed by atoms with van der Waals surface area (Å²) in [6.07, 6.45) is 2.76. The van der Waals surface area contributed by atoms with Crippen molar-refractivity contribution in [1.82, 2.24) is 20.3 Å². The van der Waals surface area contributed by atoms with Crippen LogP contribution in [0, 0.1) is 6.92 Å². The number of benzene rings is 2. The molecule has 158 valence electrons. The molecule has 4 aromatic rings. The fourth-order valence-corrected chi connectivity index (χ4v) is 3.82. The summed E-state index contributed by atoms with van der Waals surface area (Å²) in [6, 6.07) is 11.5. The van der Waals surface area contributed by atoms with Crippen LogP contribution in [-0.4, -0.2) is 40.6 Å². The van der Waals surface area contributed by atoms with Gasteiger partial charge in [-0.15, -0.1) is 0 Å². The lowest BCUT2D eigenvalue weighted by atomic mass is 10.2. The summed E-state index contributed by atoms with van der Waals surface area (Å²) < 4.78 is 17.6. The third-order valence-corrected chi connectivity index (χ3v) is 5.35. The van der Waals surface area contributed by atoms with Gasteiger partial charge in [0.25, 0.3) is 0 Å². The minimum Gasteiger partial charge on any atom is -0.493 e. The van der Waals surface area contributed by atoms with E-state index < -0.39 is 0 Å². The highest BCUT2D eigenvalue weighted by atomic mass is 16.5. The molecule has 5 rings (SSSR count). The summed E-state index contributed by atoms with van der Waals surface area (Å²) in [5.74, 6) is 2.28. The van der Waals surface area contributed by atoms with E-state index in [4.69, 9.17) is 14.2 Å². The second kappa shape index (κ2) is 7.79. The Bertz CT molecular complexity index is 1280. The molecule has 2 aromatic carbocycles. The van der Waals surface area contributed by atoms with Gasteiger partial charge >= 0.3 is 0 Å². The van der Waals surface area contributed by atoms with Crippen LogP contribution in [0.3, 0.4) is 0 Å². The number of amides is 1. The van der Waals surface area contributed by atoms with E-state index in [0.717, 1.165) is 23.0 Å². The van der Waals surface area contributed by atoms with Crippen LogP contribution in [0.4, 0.5) is 0 Å². The fourth-order valence-electron chi connectivity index (χ4n) is 3.82. The summed E-state index contributed by atoms with van der Waals surface area (Å²) >= 11 is 0. The van der Waals surface area contributed by atoms with Gasteiger partial charge in [0.1, 0.15) is 18.7 Å². The van der Waals surface area contributed by atoms with Crippen LogP contribution in [0.15, 0.2) is 42.7 Å². The monoisotopic (exact) mass is 418 g/mol. The summed E-state index contributed by atoms with van der Waals surface area (Å²) in [4.78, 5) is 23.4. The van der Waals surface area contributed by atoms with Gasteiger partial charge in [-0.1, -0.05) is 0 Å². The first-order valence-electron chi connectivity index (χ1n) is 10.1. The number of carbonyl (C=O) groups is 1. The van der Waals surface area contributed by atoms with Crippen molar-refractivity contribution in [1.29, 1.82) is 0 Å². The molecule has 2 N–H and O–H groups in total. The van der Waals surface area contributed by atoms with E-state index >= 15 is 0 Å². The predicted molar refractivity (Wildman–Crippen MR) is 116 cm³/mol. The lowest BCUT2D eigenvalue weighted by Gasteiger charge is -2.15. The van der Waals surface area contributed by atoms with Gasteiger partial charge in [-0.25, -0.2) is 9.97 Å². The summed E-state index contributed by atoms with van der Waals surface area (Å²) in [6.45, 7) is 2.39. The Labute approximate surface area is 178 Å². The maximum absolute atomic E-state index is 11.4. The van der Waals surface area contributed by atoms with Crippen molar-refractivity contribution in [2.24, 2.45) is 0 Å². The molecular weight excluding hydrogens is 396 g/mol. The molecule has 0 saturated carbocycles. The van der Waals surface area contributed by atoms with Crippen molar-refractivity contribution >= 4 is 27.7 Å². The molecule has 2 aromatic heterocycles. The van der Waals surface area contributed by atoms with Crippen LogP contribution in [0.2, 0.25) is 0 Å². The standard InChI is InChI=1S/C23H22N4O4/c1-13-7-14-8-16(4-5-18(14)26-13)31-23-17-9-20(29-2)21(10-19(17)24-12-25-23)30-11-15-3-6-22(28)27-15/h4-5,7-10,12,15,26H,3,6,11H2,1-2H3,(H,27,28). The zero-order chi connectivity index (χ0) is 21.4. The van der Waals surface area contributed by atoms with Crippen LogP contribution in [0.1, 0.15) is 18.5 Å². The zero-order valence-corrected chi connectivity index (χ0v) is 17.3. The topological polar surface area (TPSA) is 98.4 Å². The smallest absolute Gasteiger partial charge is 0.230 e. The van der Waals surface area contributed by atoms with Gasteiger partial charge in [0.2, 0.25) is 11.8 Å². The van der Waals surface area contributed by atoms with Gasteiger partial charge in [-0.05, 0) is 43.7 Å². The molecule has 1 amide bonds. The van der Waals surface area contributed by atoms with Crippen LogP contribution < -0.4 is 19.5 Å². The number of nitrogens with one attached hydrogen (secondary N) is 2. The molecular formula is C23H22N4O4. The second-order valence-electron chi connectivity index (χ2n) is 7.62. The molecule has 1 aliphatic rings. The lowest BCUT2D eigenvalue weighted by molar-refractivity contribution is -0.119. The third-order valence-electron chi connectivity index (χ3n) is 5.35. The Morgan fingerprint density at radius 2 is 2.03 bits per heavy atom. The largest absolute Gasteiger partial charge is 0.493 e. The van der Waals surface area contributed by atoms with E-state index in [9.17, 15) is 4.79 Å². The molecule has 1 aliphatic heterocycles. The first-order chi connectivity index (χ1) is 15.1. The summed E-state index contributed by atoms with van der Waals surface area (Å²) in [5.41, 5.74) is 2.82. The first kappa shape index (κ1) is 19.2. The molecule has 1 saturated heterocycles. The maximum Gasteiger partial charge on any atom is 0.230 e. The normalized spacial score (nSPS) is 15.9. The number of aryl methyl sites for hydroxylation is 1. The summed E-state index contributed by atoms with van der Waals surface area (Å²) in [5, 5.41) is 4.68. The first-order valence-corrected chi connectivity index (χ1v) is 10.1. The Morgan fingerprint density at radius 3 is 2.84 bits per heavy atom. The molecule has 0 bridgehead atoms. The molecule has 1 fully saturated rings. The highest BCUT2D eigenvalue weighted by Crippen LogP contribution is 2.36. The number of aromatic nitrogens is 3. The number of ether oxygens (including phenoxy) is 3. The number of carbonyl (C=O) groups excluding carboxylic acids is 1. The number of methoxy groups -OCH3 is 1. The SMILES string of the molecule is COc1cc2c(Oc3ccc4[nH]c(C)cc4c3)ncnc2cc1OCC1CCC(=O)N1. The Morgan fingerprint density at radius 1 is 1.13 bits per heavy atom. The highest BCUT2D eigenvalue weighted by molar-refractivity contribution is 5.87. The minimum atomic E-state index is 0.00387. The number of H-pyrrole nitrogens is 1. The van der Waals surface area contributed by atoms with Crippen molar-refractivity contribution in [3.63, 3.8) is 0 Å². The molecule has 31 heavy (non-hydrogen) atoms. The van der Waals surface area contributed by atoms with E-state index in [1.165, 1.54) is 6.33 Å². The Kier molecular flexibility index (Phi) is 4.82.